The monoisotopic (exact) mass is 279 g/mol. The maximum Gasteiger partial charge on any atom is 0.226 e. The van der Waals surface area contributed by atoms with Gasteiger partial charge in [-0.1, -0.05) is 6.92 Å². The van der Waals surface area contributed by atoms with Crippen LogP contribution in [0, 0.1) is 12.3 Å². The molecule has 0 atom stereocenters. The summed E-state index contributed by atoms with van der Waals surface area (Å²) in [6.07, 6.45) is 2.26. The lowest BCUT2D eigenvalue weighted by atomic mass is 9.82. The van der Waals surface area contributed by atoms with E-state index in [0.717, 1.165) is 38.3 Å². The Labute approximate surface area is 121 Å². The zero-order valence-electron chi connectivity index (χ0n) is 12.9. The van der Waals surface area contributed by atoms with Crippen molar-refractivity contribution in [3.05, 3.63) is 11.8 Å². The van der Waals surface area contributed by atoms with Gasteiger partial charge >= 0.3 is 0 Å². The summed E-state index contributed by atoms with van der Waals surface area (Å²) in [6, 6.07) is 1.86. The average molecular weight is 279 g/mol. The maximum atomic E-state index is 5.64. The molecule has 1 aromatic rings. The Morgan fingerprint density at radius 2 is 2.05 bits per heavy atom. The van der Waals surface area contributed by atoms with Gasteiger partial charge in [-0.3, -0.25) is 0 Å². The van der Waals surface area contributed by atoms with Gasteiger partial charge in [-0.2, -0.15) is 4.98 Å². The van der Waals surface area contributed by atoms with Crippen LogP contribution >= 0.6 is 0 Å². The molecule has 2 heterocycles. The fraction of sp³-hybridized carbons (Fsp3) is 0.733. The lowest BCUT2D eigenvalue weighted by molar-refractivity contribution is 0.0299. The van der Waals surface area contributed by atoms with Gasteiger partial charge in [0.15, 0.2) is 0 Å². The van der Waals surface area contributed by atoms with Crippen molar-refractivity contribution in [2.24, 2.45) is 5.41 Å². The molecule has 1 aromatic heterocycles. The maximum absolute atomic E-state index is 5.64. The van der Waals surface area contributed by atoms with Gasteiger partial charge in [0.2, 0.25) is 11.8 Å². The lowest BCUT2D eigenvalue weighted by Crippen LogP contribution is -2.33. The minimum atomic E-state index is 0.116. The van der Waals surface area contributed by atoms with Crippen molar-refractivity contribution in [1.82, 2.24) is 9.97 Å². The van der Waals surface area contributed by atoms with Crippen molar-refractivity contribution in [1.29, 1.82) is 0 Å². The molecule has 1 saturated heterocycles. The Morgan fingerprint density at radius 3 is 2.70 bits per heavy atom. The smallest absolute Gasteiger partial charge is 0.226 e. The number of rotatable bonds is 5. The van der Waals surface area contributed by atoms with Crippen molar-refractivity contribution in [2.45, 2.75) is 46.6 Å². The predicted octanol–water partition coefficient (Wildman–Crippen LogP) is 2.80. The first-order chi connectivity index (χ1) is 9.47. The minimum absolute atomic E-state index is 0.116. The first-order valence-electron chi connectivity index (χ1n) is 7.31. The minimum Gasteiger partial charge on any atom is -0.475 e. The van der Waals surface area contributed by atoms with Gasteiger partial charge in [0, 0.05) is 31.5 Å². The van der Waals surface area contributed by atoms with Gasteiger partial charge in [-0.05, 0) is 39.0 Å². The van der Waals surface area contributed by atoms with Crippen LogP contribution in [-0.4, -0.2) is 35.8 Å². The summed E-state index contributed by atoms with van der Waals surface area (Å²) in [7, 11) is 0. The van der Waals surface area contributed by atoms with Gasteiger partial charge in [0.05, 0.1) is 6.10 Å². The third-order valence-electron chi connectivity index (χ3n) is 3.56. The normalized spacial score (nSPS) is 18.1. The van der Waals surface area contributed by atoms with E-state index >= 15 is 0 Å². The fourth-order valence-corrected chi connectivity index (χ4v) is 2.25. The third-order valence-corrected chi connectivity index (χ3v) is 3.56. The second kappa shape index (κ2) is 6.39. The Bertz CT molecular complexity index is 443. The average Bonchev–Trinajstić information content (AvgIpc) is 2.36. The second-order valence-electron chi connectivity index (χ2n) is 6.11. The van der Waals surface area contributed by atoms with Crippen LogP contribution in [0.3, 0.4) is 0 Å². The highest BCUT2D eigenvalue weighted by molar-refractivity contribution is 5.31. The van der Waals surface area contributed by atoms with Crippen molar-refractivity contribution < 1.29 is 9.47 Å². The van der Waals surface area contributed by atoms with Gasteiger partial charge in [0.25, 0.3) is 0 Å². The van der Waals surface area contributed by atoms with Crippen LogP contribution < -0.4 is 10.1 Å². The van der Waals surface area contributed by atoms with Crippen molar-refractivity contribution in [2.75, 3.05) is 25.1 Å². The van der Waals surface area contributed by atoms with Gasteiger partial charge in [-0.15, -0.1) is 0 Å². The number of hydrogen-bond donors (Lipinski definition) is 1. The molecule has 0 aromatic carbocycles. The number of anilines is 1. The molecule has 20 heavy (non-hydrogen) atoms. The highest BCUT2D eigenvalue weighted by Gasteiger charge is 2.27. The third kappa shape index (κ3) is 4.34. The molecule has 0 spiro atoms. The molecule has 1 fully saturated rings. The number of ether oxygens (including phenoxy) is 2. The summed E-state index contributed by atoms with van der Waals surface area (Å²) >= 11 is 0. The SMILES string of the molecule is Cc1cc(OC(C)C)nc(NCC2(C)CCOCC2)n1. The topological polar surface area (TPSA) is 56.3 Å². The number of nitrogens with zero attached hydrogens (tertiary/aromatic N) is 2. The summed E-state index contributed by atoms with van der Waals surface area (Å²) in [5.41, 5.74) is 1.17. The molecular formula is C15H25N3O2. The summed E-state index contributed by atoms with van der Waals surface area (Å²) < 4.78 is 11.1. The molecule has 0 bridgehead atoms. The molecule has 5 nitrogen and oxygen atoms in total. The number of hydrogen-bond acceptors (Lipinski definition) is 5. The van der Waals surface area contributed by atoms with E-state index in [1.165, 1.54) is 0 Å². The zero-order chi connectivity index (χ0) is 14.6. The molecule has 1 aliphatic rings. The molecular weight excluding hydrogens is 254 g/mol. The van der Waals surface area contributed by atoms with Crippen LogP contribution in [0.25, 0.3) is 0 Å². The van der Waals surface area contributed by atoms with E-state index in [9.17, 15) is 0 Å². The molecule has 1 N–H and O–H groups in total. The Balaban J connectivity index is 1.99. The van der Waals surface area contributed by atoms with E-state index in [4.69, 9.17) is 9.47 Å². The van der Waals surface area contributed by atoms with Crippen molar-refractivity contribution in [3.63, 3.8) is 0 Å². The molecule has 0 amide bonds. The van der Waals surface area contributed by atoms with Gasteiger partial charge in [-0.25, -0.2) is 4.98 Å². The van der Waals surface area contributed by atoms with Crippen molar-refractivity contribution in [3.8, 4) is 5.88 Å². The zero-order valence-corrected chi connectivity index (χ0v) is 12.9. The quantitative estimate of drug-likeness (QED) is 0.898. The van der Waals surface area contributed by atoms with E-state index in [2.05, 4.69) is 22.2 Å². The molecule has 0 unspecified atom stereocenters. The van der Waals surface area contributed by atoms with E-state index in [1.54, 1.807) is 0 Å². The molecule has 112 valence electrons. The Hall–Kier alpha value is -1.36. The van der Waals surface area contributed by atoms with Crippen LogP contribution in [0.1, 0.15) is 39.3 Å². The number of nitrogens with one attached hydrogen (secondary N) is 1. The predicted molar refractivity (Wildman–Crippen MR) is 79.2 cm³/mol. The molecule has 5 heteroatoms. The summed E-state index contributed by atoms with van der Waals surface area (Å²) in [6.45, 7) is 10.8. The van der Waals surface area contributed by atoms with E-state index in [0.29, 0.717) is 11.8 Å². The molecule has 1 aliphatic heterocycles. The first-order valence-corrected chi connectivity index (χ1v) is 7.31. The Kier molecular flexibility index (Phi) is 4.81. The highest BCUT2D eigenvalue weighted by Crippen LogP contribution is 2.29. The summed E-state index contributed by atoms with van der Waals surface area (Å²) in [4.78, 5) is 8.84. The number of aromatic nitrogens is 2. The number of aryl methyl sites for hydroxylation is 1. The standard InChI is InChI=1S/C15H25N3O2/c1-11(2)20-13-9-12(3)17-14(18-13)16-10-15(4)5-7-19-8-6-15/h9,11H,5-8,10H2,1-4H3,(H,16,17,18). The lowest BCUT2D eigenvalue weighted by Gasteiger charge is -2.33. The highest BCUT2D eigenvalue weighted by atomic mass is 16.5. The second-order valence-corrected chi connectivity index (χ2v) is 6.11. The van der Waals surface area contributed by atoms with Crippen LogP contribution in [0.4, 0.5) is 5.95 Å². The van der Waals surface area contributed by atoms with Crippen LogP contribution in [0.15, 0.2) is 6.07 Å². The fourth-order valence-electron chi connectivity index (χ4n) is 2.25. The molecule has 0 saturated carbocycles. The molecule has 0 aliphatic carbocycles. The first kappa shape index (κ1) is 15.0. The van der Waals surface area contributed by atoms with Crippen LogP contribution in [-0.2, 0) is 4.74 Å². The Morgan fingerprint density at radius 1 is 1.35 bits per heavy atom. The van der Waals surface area contributed by atoms with Crippen molar-refractivity contribution >= 4 is 5.95 Å². The largest absolute Gasteiger partial charge is 0.475 e. The van der Waals surface area contributed by atoms with Crippen LogP contribution in [0.2, 0.25) is 0 Å². The van der Waals surface area contributed by atoms with Gasteiger partial charge < -0.3 is 14.8 Å². The van der Waals surface area contributed by atoms with E-state index in [1.807, 2.05) is 26.8 Å². The molecule has 0 radical (unpaired) electrons. The summed E-state index contributed by atoms with van der Waals surface area (Å²) in [5, 5.41) is 3.35. The van der Waals surface area contributed by atoms with Crippen LogP contribution in [0.5, 0.6) is 5.88 Å². The summed E-state index contributed by atoms with van der Waals surface area (Å²) in [5.74, 6) is 1.28. The van der Waals surface area contributed by atoms with Gasteiger partial charge in [0.1, 0.15) is 0 Å². The van der Waals surface area contributed by atoms with E-state index in [-0.39, 0.29) is 11.5 Å². The van der Waals surface area contributed by atoms with E-state index < -0.39 is 0 Å². The molecule has 2 rings (SSSR count).